The fourth-order valence-corrected chi connectivity index (χ4v) is 2.47. The van der Waals surface area contributed by atoms with Gasteiger partial charge in [0.1, 0.15) is 15.8 Å². The van der Waals surface area contributed by atoms with Crippen molar-refractivity contribution in [3.05, 3.63) is 19.3 Å². The van der Waals surface area contributed by atoms with Gasteiger partial charge in [-0.2, -0.15) is 0 Å². The minimum Gasteiger partial charge on any atom is -0.480 e. The molecule has 0 aliphatic heterocycles. The van der Waals surface area contributed by atoms with E-state index < -0.39 is 18.4 Å². The van der Waals surface area contributed by atoms with Gasteiger partial charge in [0.2, 0.25) is 0 Å². The third-order valence-corrected chi connectivity index (χ3v) is 3.93. The number of carbonyl (C=O) groups is 2. The fraction of sp³-hybridized carbons (Fsp3) is 0.143. The molecule has 0 atom stereocenters. The van der Waals surface area contributed by atoms with E-state index in [0.29, 0.717) is 0 Å². The lowest BCUT2D eigenvalue weighted by Gasteiger charge is -1.99. The van der Waals surface area contributed by atoms with Crippen LogP contribution in [0.2, 0.25) is 14.4 Å². The van der Waals surface area contributed by atoms with Gasteiger partial charge in [-0.15, -0.1) is 11.3 Å². The Hall–Kier alpha value is -0.490. The van der Waals surface area contributed by atoms with E-state index in [9.17, 15) is 9.59 Å². The zero-order chi connectivity index (χ0) is 11.6. The highest BCUT2D eigenvalue weighted by molar-refractivity contribution is 7.19. The Balaban J connectivity index is 2.83. The monoisotopic (exact) mass is 287 g/mol. The SMILES string of the molecule is O=C(O)CNC(=O)c1sc(Cl)c(Cl)c1Cl. The summed E-state index contributed by atoms with van der Waals surface area (Å²) in [6, 6.07) is 0. The molecule has 15 heavy (non-hydrogen) atoms. The van der Waals surface area contributed by atoms with Gasteiger partial charge in [-0.3, -0.25) is 9.59 Å². The molecule has 1 aromatic rings. The van der Waals surface area contributed by atoms with Gasteiger partial charge in [-0.25, -0.2) is 0 Å². The summed E-state index contributed by atoms with van der Waals surface area (Å²) in [5.74, 6) is -1.76. The Labute approximate surface area is 104 Å². The maximum Gasteiger partial charge on any atom is 0.322 e. The minimum atomic E-state index is -1.15. The summed E-state index contributed by atoms with van der Waals surface area (Å²) < 4.78 is 0.196. The maximum absolute atomic E-state index is 11.4. The lowest BCUT2D eigenvalue weighted by molar-refractivity contribution is -0.135. The van der Waals surface area contributed by atoms with Gasteiger partial charge >= 0.3 is 5.97 Å². The van der Waals surface area contributed by atoms with Crippen molar-refractivity contribution in [1.82, 2.24) is 5.32 Å². The summed E-state index contributed by atoms with van der Waals surface area (Å²) >= 11 is 17.9. The molecule has 82 valence electrons. The molecule has 1 amide bonds. The number of hydrogen-bond donors (Lipinski definition) is 2. The molecule has 0 aromatic carbocycles. The summed E-state index contributed by atoms with van der Waals surface area (Å²) in [5.41, 5.74) is 0. The van der Waals surface area contributed by atoms with Crippen molar-refractivity contribution < 1.29 is 14.7 Å². The number of nitrogens with one attached hydrogen (secondary N) is 1. The van der Waals surface area contributed by atoms with Crippen LogP contribution in [0, 0.1) is 0 Å². The molecule has 0 unspecified atom stereocenters. The molecule has 0 radical (unpaired) electrons. The van der Waals surface area contributed by atoms with E-state index in [0.717, 1.165) is 11.3 Å². The Morgan fingerprint density at radius 3 is 2.27 bits per heavy atom. The second-order valence-corrected chi connectivity index (χ2v) is 4.79. The van der Waals surface area contributed by atoms with Crippen LogP contribution in [0.15, 0.2) is 0 Å². The number of carboxylic acid groups (broad SMARTS) is 1. The van der Waals surface area contributed by atoms with Gasteiger partial charge in [0.15, 0.2) is 0 Å². The molecule has 1 heterocycles. The fourth-order valence-electron chi connectivity index (χ4n) is 0.747. The van der Waals surface area contributed by atoms with E-state index >= 15 is 0 Å². The largest absolute Gasteiger partial charge is 0.480 e. The molecular weight excluding hydrogens is 285 g/mol. The molecule has 0 spiro atoms. The first-order chi connectivity index (χ1) is 6.93. The number of rotatable bonds is 3. The third kappa shape index (κ3) is 2.98. The van der Waals surface area contributed by atoms with Crippen molar-refractivity contribution in [2.75, 3.05) is 6.54 Å². The summed E-state index contributed by atoms with van der Waals surface area (Å²) in [5, 5.41) is 10.6. The van der Waals surface area contributed by atoms with Gasteiger partial charge in [0, 0.05) is 0 Å². The third-order valence-electron chi connectivity index (χ3n) is 1.36. The normalized spacial score (nSPS) is 10.1. The van der Waals surface area contributed by atoms with Crippen LogP contribution in [0.4, 0.5) is 0 Å². The number of amides is 1. The summed E-state index contributed by atoms with van der Waals surface area (Å²) in [4.78, 5) is 21.7. The first-order valence-electron chi connectivity index (χ1n) is 3.56. The predicted molar refractivity (Wildman–Crippen MR) is 59.3 cm³/mol. The first kappa shape index (κ1) is 12.6. The van der Waals surface area contributed by atoms with Crippen LogP contribution in [-0.4, -0.2) is 23.5 Å². The lowest BCUT2D eigenvalue weighted by atomic mass is 10.4. The standard InChI is InChI=1S/C7H4Cl3NO3S/c8-3-4(9)6(10)15-5(3)7(14)11-1-2(12)13/h1H2,(H,11,14)(H,12,13). The van der Waals surface area contributed by atoms with Gasteiger partial charge in [0.25, 0.3) is 5.91 Å². The number of halogens is 3. The van der Waals surface area contributed by atoms with Crippen LogP contribution in [-0.2, 0) is 4.79 Å². The summed E-state index contributed by atoms with van der Waals surface area (Å²) in [7, 11) is 0. The number of carbonyl (C=O) groups excluding carboxylic acids is 1. The van der Waals surface area contributed by atoms with Crippen molar-refractivity contribution in [2.45, 2.75) is 0 Å². The molecule has 0 aliphatic rings. The lowest BCUT2D eigenvalue weighted by Crippen LogP contribution is -2.28. The van der Waals surface area contributed by atoms with Crippen molar-refractivity contribution in [3.8, 4) is 0 Å². The molecule has 1 aromatic heterocycles. The second-order valence-electron chi connectivity index (χ2n) is 2.41. The summed E-state index contributed by atoms with van der Waals surface area (Å²) in [6.45, 7) is -0.484. The van der Waals surface area contributed by atoms with Crippen molar-refractivity contribution in [2.24, 2.45) is 0 Å². The van der Waals surface area contributed by atoms with Gasteiger partial charge in [-0.05, 0) is 0 Å². The second kappa shape index (κ2) is 5.03. The van der Waals surface area contributed by atoms with Crippen LogP contribution < -0.4 is 5.32 Å². The highest BCUT2D eigenvalue weighted by atomic mass is 35.5. The summed E-state index contributed by atoms with van der Waals surface area (Å²) in [6.07, 6.45) is 0. The Kier molecular flexibility index (Phi) is 4.21. The van der Waals surface area contributed by atoms with Gasteiger partial charge in [-0.1, -0.05) is 34.8 Å². The Morgan fingerprint density at radius 2 is 1.87 bits per heavy atom. The van der Waals surface area contributed by atoms with Gasteiger partial charge in [0.05, 0.1) is 10.0 Å². The zero-order valence-electron chi connectivity index (χ0n) is 7.01. The average Bonchev–Trinajstić information content (AvgIpc) is 2.42. The number of thiophene rings is 1. The first-order valence-corrected chi connectivity index (χ1v) is 5.51. The molecule has 0 saturated heterocycles. The molecule has 0 saturated carbocycles. The number of aliphatic carboxylic acids is 1. The highest BCUT2D eigenvalue weighted by Crippen LogP contribution is 2.40. The molecule has 0 bridgehead atoms. The van der Waals surface area contributed by atoms with E-state index in [4.69, 9.17) is 39.9 Å². The van der Waals surface area contributed by atoms with E-state index in [1.807, 2.05) is 0 Å². The van der Waals surface area contributed by atoms with Gasteiger partial charge < -0.3 is 10.4 Å². The van der Waals surface area contributed by atoms with Crippen molar-refractivity contribution in [1.29, 1.82) is 0 Å². The van der Waals surface area contributed by atoms with Crippen LogP contribution in [0.25, 0.3) is 0 Å². The highest BCUT2D eigenvalue weighted by Gasteiger charge is 2.19. The van der Waals surface area contributed by atoms with E-state index in [2.05, 4.69) is 5.32 Å². The smallest absolute Gasteiger partial charge is 0.322 e. The minimum absolute atomic E-state index is 0.0366. The molecule has 0 fully saturated rings. The molecule has 8 heteroatoms. The molecule has 0 aliphatic carbocycles. The van der Waals surface area contributed by atoms with Crippen LogP contribution in [0.3, 0.4) is 0 Å². The molecular formula is C7H4Cl3NO3S. The topological polar surface area (TPSA) is 66.4 Å². The zero-order valence-corrected chi connectivity index (χ0v) is 10.1. The number of carboxylic acids is 1. The molecule has 2 N–H and O–H groups in total. The van der Waals surface area contributed by atoms with Crippen LogP contribution in [0.1, 0.15) is 9.67 Å². The molecule has 1 rings (SSSR count). The Bertz CT molecular complexity index is 418. The quantitative estimate of drug-likeness (QED) is 0.898. The molecule has 4 nitrogen and oxygen atoms in total. The Morgan fingerprint density at radius 1 is 1.27 bits per heavy atom. The van der Waals surface area contributed by atoms with Crippen LogP contribution in [0.5, 0.6) is 0 Å². The van der Waals surface area contributed by atoms with E-state index in [1.165, 1.54) is 0 Å². The predicted octanol–water partition coefficient (Wildman–Crippen LogP) is 2.52. The van der Waals surface area contributed by atoms with E-state index in [-0.39, 0.29) is 19.3 Å². The van der Waals surface area contributed by atoms with E-state index in [1.54, 1.807) is 0 Å². The van der Waals surface area contributed by atoms with Crippen molar-refractivity contribution in [3.63, 3.8) is 0 Å². The maximum atomic E-state index is 11.4. The van der Waals surface area contributed by atoms with Crippen molar-refractivity contribution >= 4 is 58.0 Å². The average molecular weight is 289 g/mol. The number of hydrogen-bond acceptors (Lipinski definition) is 3. The van der Waals surface area contributed by atoms with Crippen LogP contribution >= 0.6 is 46.1 Å².